The minimum Gasteiger partial charge on any atom is -0.313 e. The first-order chi connectivity index (χ1) is 7.25. The number of benzene rings is 1. The molecule has 0 aromatic heterocycles. The summed E-state index contributed by atoms with van der Waals surface area (Å²) in [6.07, 6.45) is 4.12. The molecule has 1 nitrogen and oxygen atoms in total. The number of hydrogen-bond acceptors (Lipinski definition) is 1. The van der Waals surface area contributed by atoms with Gasteiger partial charge in [-0.1, -0.05) is 36.0 Å². The van der Waals surface area contributed by atoms with E-state index in [9.17, 15) is 0 Å². The van der Waals surface area contributed by atoms with E-state index in [1.807, 2.05) is 18.2 Å². The van der Waals surface area contributed by atoms with Crippen molar-refractivity contribution in [2.45, 2.75) is 25.8 Å². The second kappa shape index (κ2) is 5.20. The van der Waals surface area contributed by atoms with E-state index in [1.54, 1.807) is 0 Å². The van der Waals surface area contributed by atoms with Crippen LogP contribution >= 0.6 is 23.2 Å². The minimum absolute atomic E-state index is 0.749. The average molecular weight is 244 g/mol. The Kier molecular flexibility index (Phi) is 3.90. The quantitative estimate of drug-likeness (QED) is 0.775. The molecular formula is C12H15Cl2N. The highest BCUT2D eigenvalue weighted by atomic mass is 35.5. The molecule has 0 radical (unpaired) electrons. The van der Waals surface area contributed by atoms with Crippen molar-refractivity contribution in [1.82, 2.24) is 5.32 Å². The predicted octanol–water partition coefficient (Wildman–Crippen LogP) is 3.88. The van der Waals surface area contributed by atoms with Gasteiger partial charge < -0.3 is 5.32 Å². The molecule has 3 heteroatoms. The van der Waals surface area contributed by atoms with Gasteiger partial charge in [-0.2, -0.15) is 0 Å². The molecule has 0 unspecified atom stereocenters. The Balaban J connectivity index is 1.78. The summed E-state index contributed by atoms with van der Waals surface area (Å²) < 4.78 is 0. The first-order valence-electron chi connectivity index (χ1n) is 5.40. The van der Waals surface area contributed by atoms with Crippen LogP contribution in [0.15, 0.2) is 18.2 Å². The zero-order valence-corrected chi connectivity index (χ0v) is 10.1. The molecule has 0 spiro atoms. The van der Waals surface area contributed by atoms with Crippen LogP contribution in [0.5, 0.6) is 0 Å². The first-order valence-corrected chi connectivity index (χ1v) is 6.16. The molecule has 1 aromatic rings. The third-order valence-electron chi connectivity index (χ3n) is 2.75. The zero-order chi connectivity index (χ0) is 10.7. The van der Waals surface area contributed by atoms with Crippen molar-refractivity contribution < 1.29 is 0 Å². The maximum atomic E-state index is 6.05. The lowest BCUT2D eigenvalue weighted by Crippen LogP contribution is -2.15. The van der Waals surface area contributed by atoms with E-state index in [0.29, 0.717) is 0 Å². The number of hydrogen-bond donors (Lipinski definition) is 1. The van der Waals surface area contributed by atoms with E-state index in [0.717, 1.165) is 34.6 Å². The molecule has 1 aromatic carbocycles. The highest BCUT2D eigenvalue weighted by molar-refractivity contribution is 6.33. The van der Waals surface area contributed by atoms with Gasteiger partial charge in [0.1, 0.15) is 0 Å². The minimum atomic E-state index is 0.749. The summed E-state index contributed by atoms with van der Waals surface area (Å²) in [6.45, 7) is 1.89. The van der Waals surface area contributed by atoms with Gasteiger partial charge in [0.2, 0.25) is 0 Å². The Morgan fingerprint density at radius 3 is 2.80 bits per heavy atom. The lowest BCUT2D eigenvalue weighted by molar-refractivity contribution is 0.613. The molecular weight excluding hydrogens is 229 g/mol. The molecule has 0 saturated heterocycles. The molecule has 0 heterocycles. The third-order valence-corrected chi connectivity index (χ3v) is 3.35. The molecule has 1 fully saturated rings. The van der Waals surface area contributed by atoms with Gasteiger partial charge in [-0.05, 0) is 42.6 Å². The lowest BCUT2D eigenvalue weighted by atomic mass is 10.2. The van der Waals surface area contributed by atoms with Crippen LogP contribution in [0.2, 0.25) is 10.0 Å². The van der Waals surface area contributed by atoms with E-state index in [1.165, 1.54) is 19.3 Å². The van der Waals surface area contributed by atoms with Crippen LogP contribution < -0.4 is 5.32 Å². The zero-order valence-electron chi connectivity index (χ0n) is 8.60. The third kappa shape index (κ3) is 3.67. The van der Waals surface area contributed by atoms with Crippen molar-refractivity contribution >= 4 is 23.2 Å². The van der Waals surface area contributed by atoms with E-state index in [2.05, 4.69) is 5.32 Å². The fraction of sp³-hybridized carbons (Fsp3) is 0.500. The molecule has 1 aliphatic carbocycles. The molecule has 0 bridgehead atoms. The van der Waals surface area contributed by atoms with Crippen LogP contribution in [0.1, 0.15) is 24.8 Å². The van der Waals surface area contributed by atoms with Gasteiger partial charge in [-0.25, -0.2) is 0 Å². The topological polar surface area (TPSA) is 12.0 Å². The van der Waals surface area contributed by atoms with Crippen molar-refractivity contribution in [3.05, 3.63) is 33.8 Å². The van der Waals surface area contributed by atoms with Crippen LogP contribution in [0.25, 0.3) is 0 Å². The van der Waals surface area contributed by atoms with Crippen LogP contribution in [-0.2, 0) is 6.54 Å². The van der Waals surface area contributed by atoms with Gasteiger partial charge in [-0.3, -0.25) is 0 Å². The smallest absolute Gasteiger partial charge is 0.0451 e. The van der Waals surface area contributed by atoms with Crippen LogP contribution in [0.3, 0.4) is 0 Å². The maximum Gasteiger partial charge on any atom is 0.0451 e. The predicted molar refractivity (Wildman–Crippen MR) is 65.5 cm³/mol. The Hall–Kier alpha value is -0.240. The van der Waals surface area contributed by atoms with Crippen molar-refractivity contribution in [2.75, 3.05) is 6.54 Å². The summed E-state index contributed by atoms with van der Waals surface area (Å²) in [5.41, 5.74) is 1.08. The first kappa shape index (κ1) is 11.3. The molecule has 0 aliphatic heterocycles. The van der Waals surface area contributed by atoms with Crippen molar-refractivity contribution in [3.63, 3.8) is 0 Å². The van der Waals surface area contributed by atoms with Crippen LogP contribution in [-0.4, -0.2) is 6.54 Å². The normalized spacial score (nSPS) is 15.6. The highest BCUT2D eigenvalue weighted by Gasteiger charge is 2.19. The highest BCUT2D eigenvalue weighted by Crippen LogP contribution is 2.31. The number of rotatable bonds is 5. The van der Waals surface area contributed by atoms with Gasteiger partial charge in [0.25, 0.3) is 0 Å². The van der Waals surface area contributed by atoms with E-state index < -0.39 is 0 Å². The molecule has 15 heavy (non-hydrogen) atoms. The number of halogens is 2. The van der Waals surface area contributed by atoms with Gasteiger partial charge in [-0.15, -0.1) is 0 Å². The van der Waals surface area contributed by atoms with Gasteiger partial charge >= 0.3 is 0 Å². The molecule has 0 amide bonds. The molecule has 1 N–H and O–H groups in total. The summed E-state index contributed by atoms with van der Waals surface area (Å²) in [7, 11) is 0. The van der Waals surface area contributed by atoms with Crippen molar-refractivity contribution in [2.24, 2.45) is 5.92 Å². The molecule has 0 atom stereocenters. The lowest BCUT2D eigenvalue weighted by Gasteiger charge is -2.06. The number of nitrogens with one attached hydrogen (secondary N) is 1. The fourth-order valence-corrected chi connectivity index (χ4v) is 1.99. The fourth-order valence-electron chi connectivity index (χ4n) is 1.61. The molecule has 1 aliphatic rings. The summed E-state index contributed by atoms with van der Waals surface area (Å²) in [6, 6.07) is 5.59. The maximum absolute atomic E-state index is 6.05. The molecule has 1 saturated carbocycles. The Bertz CT molecular complexity index is 334. The van der Waals surface area contributed by atoms with Gasteiger partial charge in [0.05, 0.1) is 0 Å². The Morgan fingerprint density at radius 2 is 2.07 bits per heavy atom. The Morgan fingerprint density at radius 1 is 1.27 bits per heavy atom. The Labute approximate surface area is 101 Å². The second-order valence-corrected chi connectivity index (χ2v) is 4.99. The van der Waals surface area contributed by atoms with Gasteiger partial charge in [0.15, 0.2) is 0 Å². The summed E-state index contributed by atoms with van der Waals surface area (Å²) in [4.78, 5) is 0. The van der Waals surface area contributed by atoms with Crippen LogP contribution in [0.4, 0.5) is 0 Å². The van der Waals surface area contributed by atoms with E-state index >= 15 is 0 Å². The monoisotopic (exact) mass is 243 g/mol. The van der Waals surface area contributed by atoms with Crippen LogP contribution in [0, 0.1) is 5.92 Å². The molecule has 2 rings (SSSR count). The second-order valence-electron chi connectivity index (χ2n) is 4.14. The average Bonchev–Trinajstić information content (AvgIpc) is 3.01. The molecule has 82 valence electrons. The van der Waals surface area contributed by atoms with Crippen molar-refractivity contribution in [3.8, 4) is 0 Å². The van der Waals surface area contributed by atoms with Gasteiger partial charge in [0, 0.05) is 16.6 Å². The van der Waals surface area contributed by atoms with Crippen molar-refractivity contribution in [1.29, 1.82) is 0 Å². The SMILES string of the molecule is Clc1ccc(Cl)c(CNCCC2CC2)c1. The van der Waals surface area contributed by atoms with E-state index in [-0.39, 0.29) is 0 Å². The summed E-state index contributed by atoms with van der Waals surface area (Å²) in [5.74, 6) is 0.979. The summed E-state index contributed by atoms with van der Waals surface area (Å²) in [5, 5.41) is 4.94. The van der Waals surface area contributed by atoms with E-state index in [4.69, 9.17) is 23.2 Å². The largest absolute Gasteiger partial charge is 0.313 e. The summed E-state index contributed by atoms with van der Waals surface area (Å²) >= 11 is 12.0. The standard InChI is InChI=1S/C12H15Cl2N/c13-11-3-4-12(14)10(7-11)8-15-6-5-9-1-2-9/h3-4,7,9,15H,1-2,5-6,8H2.